The summed E-state index contributed by atoms with van der Waals surface area (Å²) in [5, 5.41) is 21.8. The molecule has 2 aliphatic rings. The van der Waals surface area contributed by atoms with E-state index in [-0.39, 0.29) is 18.0 Å². The van der Waals surface area contributed by atoms with Crippen LogP contribution in [0.2, 0.25) is 0 Å². The molecule has 1 saturated heterocycles. The highest BCUT2D eigenvalue weighted by atomic mass is 32.2. The summed E-state index contributed by atoms with van der Waals surface area (Å²) in [4.78, 5) is 27.5. The Balaban J connectivity index is 1.72. The number of thioether (sulfide) groups is 1. The highest BCUT2D eigenvalue weighted by molar-refractivity contribution is 8.03. The second kappa shape index (κ2) is 7.37. The number of allylic oxidation sites excluding steroid dienone is 1. The lowest BCUT2D eigenvalue weighted by atomic mass is 9.85. The van der Waals surface area contributed by atoms with Crippen LogP contribution in [-0.2, 0) is 4.79 Å². The number of carbonyl (C=O) groups excluding carboxylic acids is 1. The van der Waals surface area contributed by atoms with Gasteiger partial charge in [-0.15, -0.1) is 0 Å². The summed E-state index contributed by atoms with van der Waals surface area (Å²) < 4.78 is 0. The number of hydrogen-bond acceptors (Lipinski definition) is 6. The molecule has 0 bridgehead atoms. The highest BCUT2D eigenvalue weighted by Gasteiger charge is 2.40. The lowest BCUT2D eigenvalue weighted by molar-refractivity contribution is -0.385. The van der Waals surface area contributed by atoms with Crippen LogP contribution in [0.5, 0.6) is 0 Å². The van der Waals surface area contributed by atoms with E-state index in [9.17, 15) is 20.2 Å². The summed E-state index contributed by atoms with van der Waals surface area (Å²) in [6.07, 6.45) is 0.0421. The van der Waals surface area contributed by atoms with E-state index in [0.717, 1.165) is 5.69 Å². The summed E-state index contributed by atoms with van der Waals surface area (Å²) in [6.45, 7) is 0.361. The van der Waals surface area contributed by atoms with E-state index in [1.807, 2.05) is 30.3 Å². The molecule has 2 heterocycles. The Morgan fingerprint density at radius 2 is 1.86 bits per heavy atom. The predicted molar refractivity (Wildman–Crippen MR) is 106 cm³/mol. The van der Waals surface area contributed by atoms with E-state index in [4.69, 9.17) is 0 Å². The van der Waals surface area contributed by atoms with Gasteiger partial charge in [-0.25, -0.2) is 0 Å². The number of para-hydroxylation sites is 2. The lowest BCUT2D eigenvalue weighted by Crippen LogP contribution is -2.47. The largest absolute Gasteiger partial charge is 0.344 e. The van der Waals surface area contributed by atoms with Gasteiger partial charge in [0, 0.05) is 29.7 Å². The molecule has 28 heavy (non-hydrogen) atoms. The topological polar surface area (TPSA) is 90.5 Å². The van der Waals surface area contributed by atoms with Gasteiger partial charge in [-0.2, -0.15) is 5.26 Å². The van der Waals surface area contributed by atoms with Crippen LogP contribution < -0.4 is 4.90 Å². The standard InChI is InChI=1S/C20H16N4O3S/c21-11-17-16(15-8-4-5-9-18(15)24(26)27)10-19(25)23-12-22(13-28-20(17)23)14-6-2-1-3-7-14/h1-9,16H,10,12-13H2. The van der Waals surface area contributed by atoms with Crippen molar-refractivity contribution in [2.24, 2.45) is 0 Å². The van der Waals surface area contributed by atoms with Crippen molar-refractivity contribution in [2.75, 3.05) is 17.4 Å². The maximum Gasteiger partial charge on any atom is 0.273 e. The molecule has 0 aromatic heterocycles. The SMILES string of the molecule is N#CC1=C2SCN(c3ccccc3)CN2C(=O)CC1c1ccccc1[N+](=O)[O-]. The maximum absolute atomic E-state index is 12.9. The monoisotopic (exact) mass is 392 g/mol. The first kappa shape index (κ1) is 18.1. The number of nitrogens with zero attached hydrogens (tertiary/aromatic N) is 4. The van der Waals surface area contributed by atoms with Crippen molar-refractivity contribution in [3.05, 3.63) is 80.9 Å². The summed E-state index contributed by atoms with van der Waals surface area (Å²) in [5.41, 5.74) is 1.78. The number of nitro groups is 1. The van der Waals surface area contributed by atoms with Crippen LogP contribution in [-0.4, -0.2) is 28.3 Å². The molecule has 1 amide bonds. The van der Waals surface area contributed by atoms with Gasteiger partial charge in [0.15, 0.2) is 0 Å². The first-order valence-electron chi connectivity index (χ1n) is 8.71. The van der Waals surface area contributed by atoms with E-state index >= 15 is 0 Å². The minimum atomic E-state index is -0.596. The van der Waals surface area contributed by atoms with Gasteiger partial charge in [0.2, 0.25) is 5.91 Å². The van der Waals surface area contributed by atoms with E-state index < -0.39 is 10.8 Å². The minimum Gasteiger partial charge on any atom is -0.344 e. The highest BCUT2D eigenvalue weighted by Crippen LogP contribution is 2.45. The molecular formula is C20H16N4O3S. The summed E-state index contributed by atoms with van der Waals surface area (Å²) in [5.74, 6) is -0.135. The molecule has 1 unspecified atom stereocenters. The predicted octanol–water partition coefficient (Wildman–Crippen LogP) is 3.81. The third-order valence-electron chi connectivity index (χ3n) is 4.92. The summed E-state index contributed by atoms with van der Waals surface area (Å²) in [6, 6.07) is 18.3. The van der Waals surface area contributed by atoms with Crippen LogP contribution in [0.4, 0.5) is 11.4 Å². The average molecular weight is 392 g/mol. The Morgan fingerprint density at radius 1 is 1.14 bits per heavy atom. The van der Waals surface area contributed by atoms with E-state index in [1.165, 1.54) is 17.8 Å². The molecule has 0 N–H and O–H groups in total. The molecular weight excluding hydrogens is 376 g/mol. The second-order valence-corrected chi connectivity index (χ2v) is 7.45. The second-order valence-electron chi connectivity index (χ2n) is 6.52. The van der Waals surface area contributed by atoms with Gasteiger partial charge in [0.05, 0.1) is 34.1 Å². The number of benzene rings is 2. The first-order chi connectivity index (χ1) is 13.6. The van der Waals surface area contributed by atoms with Crippen molar-refractivity contribution in [3.8, 4) is 6.07 Å². The first-order valence-corrected chi connectivity index (χ1v) is 9.69. The lowest BCUT2D eigenvalue weighted by Gasteiger charge is -2.42. The van der Waals surface area contributed by atoms with Crippen molar-refractivity contribution in [2.45, 2.75) is 12.3 Å². The van der Waals surface area contributed by atoms with Gasteiger partial charge in [-0.1, -0.05) is 48.2 Å². The van der Waals surface area contributed by atoms with Gasteiger partial charge >= 0.3 is 0 Å². The zero-order valence-corrected chi connectivity index (χ0v) is 15.6. The number of fused-ring (bicyclic) bond motifs is 1. The number of rotatable bonds is 3. The van der Waals surface area contributed by atoms with Crippen LogP contribution in [0, 0.1) is 21.4 Å². The number of hydrogen-bond donors (Lipinski definition) is 0. The Hall–Kier alpha value is -3.31. The van der Waals surface area contributed by atoms with Crippen molar-refractivity contribution < 1.29 is 9.72 Å². The number of nitro benzene ring substituents is 1. The molecule has 1 fully saturated rings. The zero-order chi connectivity index (χ0) is 19.7. The summed E-state index contributed by atoms with van der Waals surface area (Å²) in [7, 11) is 0. The molecule has 140 valence electrons. The van der Waals surface area contributed by atoms with Crippen LogP contribution in [0.25, 0.3) is 0 Å². The van der Waals surface area contributed by atoms with Crippen LogP contribution >= 0.6 is 11.8 Å². The van der Waals surface area contributed by atoms with Crippen LogP contribution in [0.1, 0.15) is 17.9 Å². The van der Waals surface area contributed by atoms with Gasteiger partial charge < -0.3 is 4.90 Å². The van der Waals surface area contributed by atoms with Crippen LogP contribution in [0.15, 0.2) is 65.2 Å². The molecule has 8 heteroatoms. The van der Waals surface area contributed by atoms with Gasteiger partial charge in [0.25, 0.3) is 5.69 Å². The fourth-order valence-electron chi connectivity index (χ4n) is 3.58. The quantitative estimate of drug-likeness (QED) is 0.583. The van der Waals surface area contributed by atoms with Crippen LogP contribution in [0.3, 0.4) is 0 Å². The third kappa shape index (κ3) is 3.10. The fraction of sp³-hybridized carbons (Fsp3) is 0.200. The maximum atomic E-state index is 12.9. The molecule has 7 nitrogen and oxygen atoms in total. The molecule has 1 atom stereocenters. The smallest absolute Gasteiger partial charge is 0.273 e. The Morgan fingerprint density at radius 3 is 2.57 bits per heavy atom. The molecule has 4 rings (SSSR count). The normalized spacial score (nSPS) is 19.2. The molecule has 2 aromatic rings. The average Bonchev–Trinajstić information content (AvgIpc) is 2.74. The number of anilines is 1. The van der Waals surface area contributed by atoms with Gasteiger partial charge in [-0.3, -0.25) is 19.8 Å². The van der Waals surface area contributed by atoms with Crippen molar-refractivity contribution >= 4 is 29.0 Å². The van der Waals surface area contributed by atoms with Crippen molar-refractivity contribution in [3.63, 3.8) is 0 Å². The molecule has 0 spiro atoms. The molecule has 0 aliphatic carbocycles. The van der Waals surface area contributed by atoms with Crippen molar-refractivity contribution in [1.29, 1.82) is 5.26 Å². The molecule has 2 aliphatic heterocycles. The van der Waals surface area contributed by atoms with Gasteiger partial charge in [0.1, 0.15) is 0 Å². The zero-order valence-electron chi connectivity index (χ0n) is 14.8. The summed E-state index contributed by atoms with van der Waals surface area (Å²) >= 11 is 1.42. The number of nitriles is 1. The van der Waals surface area contributed by atoms with E-state index in [2.05, 4.69) is 11.0 Å². The Kier molecular flexibility index (Phi) is 4.75. The molecule has 2 aromatic carbocycles. The minimum absolute atomic E-state index is 0.0421. The number of carbonyl (C=O) groups is 1. The fourth-order valence-corrected chi connectivity index (χ4v) is 4.75. The third-order valence-corrected chi connectivity index (χ3v) is 6.08. The number of amides is 1. The molecule has 0 radical (unpaired) electrons. The van der Waals surface area contributed by atoms with Crippen molar-refractivity contribution in [1.82, 2.24) is 4.90 Å². The van der Waals surface area contributed by atoms with Gasteiger partial charge in [-0.05, 0) is 12.1 Å². The van der Waals surface area contributed by atoms with E-state index in [1.54, 1.807) is 23.1 Å². The Labute approximate surface area is 166 Å². The Bertz CT molecular complexity index is 1020. The molecule has 0 saturated carbocycles. The van der Waals surface area contributed by atoms with E-state index in [0.29, 0.717) is 28.7 Å².